The highest BCUT2D eigenvalue weighted by Crippen LogP contribution is 2.19. The Hall–Kier alpha value is -0.840. The van der Waals surface area contributed by atoms with E-state index >= 15 is 0 Å². The van der Waals surface area contributed by atoms with Crippen LogP contribution >= 0.6 is 15.9 Å². The second-order valence-corrected chi connectivity index (χ2v) is 3.24. The molecule has 0 fully saturated rings. The van der Waals surface area contributed by atoms with Crippen LogP contribution < -0.4 is 5.32 Å². The van der Waals surface area contributed by atoms with Gasteiger partial charge in [0.05, 0.1) is 10.2 Å². The highest BCUT2D eigenvalue weighted by atomic mass is 79.9. The van der Waals surface area contributed by atoms with E-state index in [4.69, 9.17) is 0 Å². The van der Waals surface area contributed by atoms with E-state index < -0.39 is 0 Å². The number of aryl methyl sites for hydroxylation is 2. The van der Waals surface area contributed by atoms with Crippen molar-refractivity contribution in [3.05, 3.63) is 15.9 Å². The van der Waals surface area contributed by atoms with Gasteiger partial charge in [-0.2, -0.15) is 5.10 Å². The third-order valence-electron chi connectivity index (χ3n) is 1.59. The average molecular weight is 232 g/mol. The summed E-state index contributed by atoms with van der Waals surface area (Å²) in [6, 6.07) is 0. The van der Waals surface area contributed by atoms with Gasteiger partial charge >= 0.3 is 0 Å². The van der Waals surface area contributed by atoms with Gasteiger partial charge in [-0.3, -0.25) is 9.48 Å². The lowest BCUT2D eigenvalue weighted by Crippen LogP contribution is -2.21. The Balaban J connectivity index is 3.22. The maximum absolute atomic E-state index is 11.3. The number of amides is 1. The summed E-state index contributed by atoms with van der Waals surface area (Å²) in [5.41, 5.74) is 1.37. The second kappa shape index (κ2) is 3.26. The largest absolute Gasteiger partial charge is 0.354 e. The summed E-state index contributed by atoms with van der Waals surface area (Å²) in [5, 5.41) is 6.64. The first kappa shape index (κ1) is 9.25. The van der Waals surface area contributed by atoms with Crippen molar-refractivity contribution in [2.24, 2.45) is 7.05 Å². The molecule has 1 heterocycles. The summed E-state index contributed by atoms with van der Waals surface area (Å²) >= 11 is 3.30. The first-order valence-corrected chi connectivity index (χ1v) is 4.28. The van der Waals surface area contributed by atoms with Crippen LogP contribution in [0, 0.1) is 6.92 Å². The quantitative estimate of drug-likeness (QED) is 0.780. The summed E-state index contributed by atoms with van der Waals surface area (Å²) in [4.78, 5) is 11.3. The average Bonchev–Trinajstić information content (AvgIpc) is 2.26. The minimum absolute atomic E-state index is 0.134. The topological polar surface area (TPSA) is 46.9 Å². The standard InChI is InChI=1S/C7H10BrN3O/c1-4-5(8)6(7(12)9-2)11(3)10-4/h1-3H3,(H,9,12). The molecule has 1 aromatic heterocycles. The third kappa shape index (κ3) is 1.36. The molecule has 0 atom stereocenters. The zero-order valence-corrected chi connectivity index (χ0v) is 8.77. The molecule has 1 rings (SSSR count). The molecular formula is C7H10BrN3O. The van der Waals surface area contributed by atoms with Crippen molar-refractivity contribution < 1.29 is 4.79 Å². The Morgan fingerprint density at radius 2 is 2.25 bits per heavy atom. The molecule has 1 amide bonds. The van der Waals surface area contributed by atoms with Crippen molar-refractivity contribution in [2.45, 2.75) is 6.92 Å². The van der Waals surface area contributed by atoms with Gasteiger partial charge < -0.3 is 5.32 Å². The minimum atomic E-state index is -0.134. The SMILES string of the molecule is CNC(=O)c1c(Br)c(C)nn1C. The van der Waals surface area contributed by atoms with E-state index in [-0.39, 0.29) is 5.91 Å². The Morgan fingerprint density at radius 3 is 2.58 bits per heavy atom. The molecule has 0 spiro atoms. The van der Waals surface area contributed by atoms with Gasteiger partial charge in [-0.15, -0.1) is 0 Å². The lowest BCUT2D eigenvalue weighted by atomic mass is 10.3. The van der Waals surface area contributed by atoms with Gasteiger partial charge in [0, 0.05) is 14.1 Å². The molecule has 0 bridgehead atoms. The van der Waals surface area contributed by atoms with Crippen molar-refractivity contribution in [1.29, 1.82) is 0 Å². The Bertz CT molecular complexity index is 319. The van der Waals surface area contributed by atoms with Crippen LogP contribution in [0.5, 0.6) is 0 Å². The summed E-state index contributed by atoms with van der Waals surface area (Å²) in [6.45, 7) is 1.84. The molecule has 66 valence electrons. The highest BCUT2D eigenvalue weighted by Gasteiger charge is 2.16. The summed E-state index contributed by atoms with van der Waals surface area (Å²) in [6.07, 6.45) is 0. The molecule has 0 saturated carbocycles. The van der Waals surface area contributed by atoms with Crippen LogP contribution in [0.25, 0.3) is 0 Å². The van der Waals surface area contributed by atoms with Crippen LogP contribution in [0.3, 0.4) is 0 Å². The number of carbonyl (C=O) groups excluding carboxylic acids is 1. The molecule has 1 aromatic rings. The molecule has 0 radical (unpaired) electrons. The number of aromatic nitrogens is 2. The van der Waals surface area contributed by atoms with Crippen molar-refractivity contribution in [3.8, 4) is 0 Å². The smallest absolute Gasteiger partial charge is 0.270 e. The van der Waals surface area contributed by atoms with Gasteiger partial charge in [0.1, 0.15) is 5.69 Å². The minimum Gasteiger partial charge on any atom is -0.354 e. The molecule has 1 N–H and O–H groups in total. The molecule has 0 aliphatic heterocycles. The van der Waals surface area contributed by atoms with Crippen molar-refractivity contribution >= 4 is 21.8 Å². The number of nitrogens with zero attached hydrogens (tertiary/aromatic N) is 2. The van der Waals surface area contributed by atoms with Crippen LogP contribution in [-0.4, -0.2) is 22.7 Å². The maximum atomic E-state index is 11.3. The summed E-state index contributed by atoms with van der Waals surface area (Å²) in [5.74, 6) is -0.134. The van der Waals surface area contributed by atoms with E-state index in [2.05, 4.69) is 26.3 Å². The molecule has 0 aliphatic carbocycles. The van der Waals surface area contributed by atoms with Gasteiger partial charge in [-0.25, -0.2) is 0 Å². The van der Waals surface area contributed by atoms with Crippen LogP contribution in [0.4, 0.5) is 0 Å². The van der Waals surface area contributed by atoms with Crippen molar-refractivity contribution in [1.82, 2.24) is 15.1 Å². The number of rotatable bonds is 1. The highest BCUT2D eigenvalue weighted by molar-refractivity contribution is 9.10. The van der Waals surface area contributed by atoms with Gasteiger partial charge in [0.15, 0.2) is 0 Å². The number of nitrogens with one attached hydrogen (secondary N) is 1. The van der Waals surface area contributed by atoms with Crippen molar-refractivity contribution in [3.63, 3.8) is 0 Å². The predicted molar refractivity (Wildman–Crippen MR) is 49.0 cm³/mol. The first-order chi connectivity index (χ1) is 5.57. The molecular weight excluding hydrogens is 222 g/mol. The lowest BCUT2D eigenvalue weighted by Gasteiger charge is -1.99. The van der Waals surface area contributed by atoms with E-state index in [1.165, 1.54) is 0 Å². The molecule has 12 heavy (non-hydrogen) atoms. The predicted octanol–water partition coefficient (Wildman–Crippen LogP) is 0.851. The maximum Gasteiger partial charge on any atom is 0.270 e. The number of hydrogen-bond acceptors (Lipinski definition) is 2. The number of halogens is 1. The van der Waals surface area contributed by atoms with E-state index in [1.54, 1.807) is 18.8 Å². The van der Waals surface area contributed by atoms with E-state index in [0.717, 1.165) is 10.2 Å². The summed E-state index contributed by atoms with van der Waals surface area (Å²) < 4.78 is 2.31. The van der Waals surface area contributed by atoms with E-state index in [1.807, 2.05) is 6.92 Å². The second-order valence-electron chi connectivity index (χ2n) is 2.45. The van der Waals surface area contributed by atoms with Gasteiger partial charge in [0.2, 0.25) is 0 Å². The van der Waals surface area contributed by atoms with Crippen LogP contribution in [0.15, 0.2) is 4.47 Å². The molecule has 0 saturated heterocycles. The Morgan fingerprint density at radius 1 is 1.67 bits per heavy atom. The third-order valence-corrected chi connectivity index (χ3v) is 2.54. The van der Waals surface area contributed by atoms with Gasteiger partial charge in [-0.05, 0) is 22.9 Å². The molecule has 0 unspecified atom stereocenters. The fraction of sp³-hybridized carbons (Fsp3) is 0.429. The molecule has 0 aromatic carbocycles. The Labute approximate surface area is 79.1 Å². The fourth-order valence-corrected chi connectivity index (χ4v) is 1.51. The Kier molecular flexibility index (Phi) is 2.52. The van der Waals surface area contributed by atoms with E-state index in [0.29, 0.717) is 5.69 Å². The lowest BCUT2D eigenvalue weighted by molar-refractivity contribution is 0.0953. The number of hydrogen-bond donors (Lipinski definition) is 1. The molecule has 4 nitrogen and oxygen atoms in total. The van der Waals surface area contributed by atoms with Gasteiger partial charge in [0.25, 0.3) is 5.91 Å². The molecule has 5 heteroatoms. The zero-order chi connectivity index (χ0) is 9.30. The van der Waals surface area contributed by atoms with E-state index in [9.17, 15) is 4.79 Å². The van der Waals surface area contributed by atoms with Gasteiger partial charge in [-0.1, -0.05) is 0 Å². The molecule has 0 aliphatic rings. The zero-order valence-electron chi connectivity index (χ0n) is 7.18. The first-order valence-electron chi connectivity index (χ1n) is 3.49. The van der Waals surface area contributed by atoms with Crippen LogP contribution in [0.1, 0.15) is 16.2 Å². The normalized spacial score (nSPS) is 10.0. The van der Waals surface area contributed by atoms with Crippen LogP contribution in [0.2, 0.25) is 0 Å². The summed E-state index contributed by atoms with van der Waals surface area (Å²) in [7, 11) is 3.33. The number of carbonyl (C=O) groups is 1. The monoisotopic (exact) mass is 231 g/mol. The van der Waals surface area contributed by atoms with Crippen molar-refractivity contribution in [2.75, 3.05) is 7.05 Å². The fourth-order valence-electron chi connectivity index (χ4n) is 0.997. The van der Waals surface area contributed by atoms with Crippen LogP contribution in [-0.2, 0) is 7.05 Å².